The van der Waals surface area contributed by atoms with Gasteiger partial charge in [-0.25, -0.2) is 9.89 Å². The highest BCUT2D eigenvalue weighted by molar-refractivity contribution is 5.97. The van der Waals surface area contributed by atoms with E-state index < -0.39 is 17.2 Å². The smallest absolute Gasteiger partial charge is 0.342 e. The van der Waals surface area contributed by atoms with Gasteiger partial charge in [-0.05, 0) is 13.8 Å². The number of hydrogen-bond donors (Lipinski definition) is 3. The lowest BCUT2D eigenvalue weighted by atomic mass is 10.3. The highest BCUT2D eigenvalue weighted by atomic mass is 16.5. The van der Waals surface area contributed by atoms with E-state index in [9.17, 15) is 14.4 Å². The molecule has 0 aromatic carbocycles. The highest BCUT2D eigenvalue weighted by Gasteiger charge is 2.05. The predicted octanol–water partition coefficient (Wildman–Crippen LogP) is -0.801. The van der Waals surface area contributed by atoms with Crippen molar-refractivity contribution in [1.29, 1.82) is 0 Å². The van der Waals surface area contributed by atoms with Crippen LogP contribution in [0.4, 0.5) is 5.82 Å². The SMILES string of the molecule is CCOC(=O)C/C(C)=N\Nc1n[nH]c(=O)[nH]c1=O. The van der Waals surface area contributed by atoms with Crippen LogP contribution in [-0.2, 0) is 9.53 Å². The van der Waals surface area contributed by atoms with Crippen molar-refractivity contribution in [2.45, 2.75) is 20.3 Å². The molecule has 3 N–H and O–H groups in total. The molecule has 9 heteroatoms. The number of hydrazone groups is 1. The number of carbonyl (C=O) groups excluding carboxylic acids is 1. The molecule has 0 fully saturated rings. The van der Waals surface area contributed by atoms with Gasteiger partial charge in [0.15, 0.2) is 0 Å². The Labute approximate surface area is 101 Å². The summed E-state index contributed by atoms with van der Waals surface area (Å²) in [6.45, 7) is 3.58. The zero-order valence-electron chi connectivity index (χ0n) is 9.94. The minimum absolute atomic E-state index is 0.00208. The zero-order chi connectivity index (χ0) is 13.5. The molecule has 98 valence electrons. The first-order valence-electron chi connectivity index (χ1n) is 5.16. The molecule has 0 aliphatic heterocycles. The van der Waals surface area contributed by atoms with Crippen molar-refractivity contribution in [1.82, 2.24) is 15.2 Å². The Balaban J connectivity index is 2.65. The summed E-state index contributed by atoms with van der Waals surface area (Å²) in [5, 5.41) is 9.26. The summed E-state index contributed by atoms with van der Waals surface area (Å²) in [7, 11) is 0. The molecule has 9 nitrogen and oxygen atoms in total. The van der Waals surface area contributed by atoms with Crippen LogP contribution in [0, 0.1) is 0 Å². The minimum atomic E-state index is -0.710. The number of rotatable bonds is 5. The fourth-order valence-electron chi connectivity index (χ4n) is 1.03. The summed E-state index contributed by atoms with van der Waals surface area (Å²) in [5.74, 6) is -0.582. The predicted molar refractivity (Wildman–Crippen MR) is 63.5 cm³/mol. The molecule has 18 heavy (non-hydrogen) atoms. The molecule has 0 atom stereocenters. The third kappa shape index (κ3) is 4.20. The van der Waals surface area contributed by atoms with Gasteiger partial charge in [-0.2, -0.15) is 5.10 Å². The summed E-state index contributed by atoms with van der Waals surface area (Å²) in [6, 6.07) is 0. The molecular formula is C9H13N5O4. The van der Waals surface area contributed by atoms with E-state index in [-0.39, 0.29) is 12.2 Å². The van der Waals surface area contributed by atoms with Gasteiger partial charge in [0, 0.05) is 5.71 Å². The number of carbonyl (C=O) groups is 1. The maximum Gasteiger partial charge on any atom is 0.342 e. The fraction of sp³-hybridized carbons (Fsp3) is 0.444. The van der Waals surface area contributed by atoms with Gasteiger partial charge in [0.1, 0.15) is 0 Å². The zero-order valence-corrected chi connectivity index (χ0v) is 9.94. The number of aromatic amines is 2. The van der Waals surface area contributed by atoms with Crippen LogP contribution in [0.1, 0.15) is 20.3 Å². The number of ether oxygens (including phenoxy) is 1. The summed E-state index contributed by atoms with van der Waals surface area (Å²) in [4.78, 5) is 35.0. The third-order valence-corrected chi connectivity index (χ3v) is 1.77. The molecule has 1 rings (SSSR count). The van der Waals surface area contributed by atoms with Crippen LogP contribution in [0.5, 0.6) is 0 Å². The minimum Gasteiger partial charge on any atom is -0.466 e. The molecule has 0 aliphatic carbocycles. The van der Waals surface area contributed by atoms with Gasteiger partial charge < -0.3 is 4.74 Å². The van der Waals surface area contributed by atoms with Crippen molar-refractivity contribution in [3.05, 3.63) is 20.8 Å². The van der Waals surface area contributed by atoms with E-state index >= 15 is 0 Å². The Hall–Kier alpha value is -2.45. The molecule has 1 aromatic heterocycles. The second-order valence-electron chi connectivity index (χ2n) is 3.30. The molecule has 0 spiro atoms. The first-order chi connectivity index (χ1) is 8.52. The molecule has 0 saturated heterocycles. The Kier molecular flexibility index (Phi) is 4.78. The standard InChI is InChI=1S/C9H13N5O4/c1-3-18-6(15)4-5(2)11-12-7-8(16)10-9(17)14-13-7/h3-4H2,1-2H3,(H,12,13)(H2,10,14,16,17)/b11-5-. The van der Waals surface area contributed by atoms with Crippen LogP contribution < -0.4 is 16.7 Å². The third-order valence-electron chi connectivity index (χ3n) is 1.77. The summed E-state index contributed by atoms with van der Waals surface area (Å²) in [5.41, 5.74) is 1.35. The van der Waals surface area contributed by atoms with Gasteiger partial charge >= 0.3 is 11.7 Å². The van der Waals surface area contributed by atoms with Crippen LogP contribution in [-0.4, -0.2) is 33.5 Å². The number of esters is 1. The molecule has 0 amide bonds. The summed E-state index contributed by atoms with van der Waals surface area (Å²) in [6.07, 6.45) is 0.00208. The summed E-state index contributed by atoms with van der Waals surface area (Å²) < 4.78 is 4.73. The van der Waals surface area contributed by atoms with E-state index in [2.05, 4.69) is 15.6 Å². The summed E-state index contributed by atoms with van der Waals surface area (Å²) >= 11 is 0. The molecular weight excluding hydrogens is 242 g/mol. The number of nitrogens with one attached hydrogen (secondary N) is 3. The fourth-order valence-corrected chi connectivity index (χ4v) is 1.03. The molecule has 1 heterocycles. The van der Waals surface area contributed by atoms with Gasteiger partial charge in [-0.1, -0.05) is 0 Å². The second-order valence-corrected chi connectivity index (χ2v) is 3.30. The quantitative estimate of drug-likeness (QED) is 0.359. The molecule has 0 aliphatic rings. The van der Waals surface area contributed by atoms with Gasteiger partial charge in [0.25, 0.3) is 5.56 Å². The molecule has 0 saturated carbocycles. The van der Waals surface area contributed by atoms with E-state index in [0.29, 0.717) is 12.3 Å². The first-order valence-corrected chi connectivity index (χ1v) is 5.16. The van der Waals surface area contributed by atoms with Crippen molar-refractivity contribution in [2.75, 3.05) is 12.0 Å². The second kappa shape index (κ2) is 6.33. The monoisotopic (exact) mass is 255 g/mol. The number of nitrogens with zero attached hydrogens (tertiary/aromatic N) is 2. The normalized spacial score (nSPS) is 11.1. The highest BCUT2D eigenvalue weighted by Crippen LogP contribution is 1.93. The molecule has 0 radical (unpaired) electrons. The number of anilines is 1. The molecule has 1 aromatic rings. The van der Waals surface area contributed by atoms with Crippen LogP contribution in [0.15, 0.2) is 14.7 Å². The molecule has 0 unspecified atom stereocenters. The largest absolute Gasteiger partial charge is 0.466 e. The van der Waals surface area contributed by atoms with Crippen LogP contribution in [0.25, 0.3) is 0 Å². The van der Waals surface area contributed by atoms with Crippen molar-refractivity contribution in [3.8, 4) is 0 Å². The lowest BCUT2D eigenvalue weighted by Gasteiger charge is -2.02. The average molecular weight is 255 g/mol. The van der Waals surface area contributed by atoms with E-state index in [1.807, 2.05) is 10.1 Å². The van der Waals surface area contributed by atoms with Crippen molar-refractivity contribution >= 4 is 17.5 Å². The van der Waals surface area contributed by atoms with Crippen LogP contribution in [0.3, 0.4) is 0 Å². The Morgan fingerprint density at radius 2 is 2.22 bits per heavy atom. The van der Waals surface area contributed by atoms with Gasteiger partial charge in [0.2, 0.25) is 5.82 Å². The molecule has 0 bridgehead atoms. The number of hydrogen-bond acceptors (Lipinski definition) is 7. The lowest BCUT2D eigenvalue weighted by Crippen LogP contribution is -2.26. The number of aromatic nitrogens is 3. The maximum atomic E-state index is 11.2. The Morgan fingerprint density at radius 1 is 1.50 bits per heavy atom. The van der Waals surface area contributed by atoms with Gasteiger partial charge in [-0.15, -0.1) is 5.10 Å². The van der Waals surface area contributed by atoms with E-state index in [1.54, 1.807) is 13.8 Å². The van der Waals surface area contributed by atoms with Gasteiger partial charge in [0.05, 0.1) is 13.0 Å². The average Bonchev–Trinajstić information content (AvgIpc) is 2.28. The first kappa shape index (κ1) is 13.6. The van der Waals surface area contributed by atoms with Crippen molar-refractivity contribution in [2.24, 2.45) is 5.10 Å². The van der Waals surface area contributed by atoms with E-state index in [4.69, 9.17) is 4.74 Å². The van der Waals surface area contributed by atoms with E-state index in [1.165, 1.54) is 0 Å². The maximum absolute atomic E-state index is 11.2. The van der Waals surface area contributed by atoms with Crippen LogP contribution in [0.2, 0.25) is 0 Å². The van der Waals surface area contributed by atoms with Crippen molar-refractivity contribution in [3.63, 3.8) is 0 Å². The number of H-pyrrole nitrogens is 2. The van der Waals surface area contributed by atoms with Crippen LogP contribution >= 0.6 is 0 Å². The van der Waals surface area contributed by atoms with Crippen molar-refractivity contribution < 1.29 is 9.53 Å². The van der Waals surface area contributed by atoms with E-state index in [0.717, 1.165) is 0 Å². The topological polar surface area (TPSA) is 129 Å². The lowest BCUT2D eigenvalue weighted by molar-refractivity contribution is -0.141. The Bertz CT molecular complexity index is 559. The van der Waals surface area contributed by atoms with Gasteiger partial charge in [-0.3, -0.25) is 20.0 Å². The Morgan fingerprint density at radius 3 is 2.83 bits per heavy atom.